The van der Waals surface area contributed by atoms with Crippen LogP contribution >= 0.6 is 12.2 Å². The van der Waals surface area contributed by atoms with Gasteiger partial charge < -0.3 is 14.3 Å². The summed E-state index contributed by atoms with van der Waals surface area (Å²) < 4.78 is 42.6. The summed E-state index contributed by atoms with van der Waals surface area (Å²) in [6, 6.07) is 5.76. The van der Waals surface area contributed by atoms with E-state index in [1.165, 1.54) is 0 Å². The Labute approximate surface area is 113 Å². The molecule has 0 atom stereocenters. The van der Waals surface area contributed by atoms with E-state index in [1.54, 1.807) is 4.57 Å². The lowest BCUT2D eigenvalue weighted by Crippen LogP contribution is -2.19. The molecule has 0 aliphatic heterocycles. The Kier molecular flexibility index (Phi) is 3.96. The van der Waals surface area contributed by atoms with Gasteiger partial charge >= 0.3 is 6.18 Å². The van der Waals surface area contributed by atoms with Crippen LogP contribution in [-0.4, -0.2) is 28.9 Å². The molecule has 0 bridgehead atoms. The van der Waals surface area contributed by atoms with Crippen molar-refractivity contribution in [3.63, 3.8) is 0 Å². The molecule has 1 N–H and O–H groups in total. The minimum Gasteiger partial charge on any atom is -0.370 e. The molecule has 7 heteroatoms. The molecule has 0 spiro atoms. The van der Waals surface area contributed by atoms with E-state index in [-0.39, 0.29) is 13.2 Å². The molecule has 2 rings (SSSR count). The van der Waals surface area contributed by atoms with Crippen molar-refractivity contribution in [2.24, 2.45) is 0 Å². The number of aryl methyl sites for hydroxylation is 1. The Morgan fingerprint density at radius 2 is 2.11 bits per heavy atom. The van der Waals surface area contributed by atoms with E-state index in [0.717, 1.165) is 16.6 Å². The molecule has 1 heterocycles. The molecule has 2 aromatic rings. The van der Waals surface area contributed by atoms with Gasteiger partial charge in [0.1, 0.15) is 6.61 Å². The zero-order chi connectivity index (χ0) is 14.0. The number of alkyl halides is 3. The van der Waals surface area contributed by atoms with Gasteiger partial charge in [-0.25, -0.2) is 0 Å². The van der Waals surface area contributed by atoms with Gasteiger partial charge in [0.25, 0.3) is 0 Å². The van der Waals surface area contributed by atoms with Gasteiger partial charge in [0, 0.05) is 6.54 Å². The molecule has 1 aromatic heterocycles. The summed E-state index contributed by atoms with van der Waals surface area (Å²) in [4.78, 5) is 3.03. The Morgan fingerprint density at radius 1 is 1.37 bits per heavy atom. The van der Waals surface area contributed by atoms with Crippen LogP contribution in [0.3, 0.4) is 0 Å². The summed E-state index contributed by atoms with van der Waals surface area (Å²) in [5.74, 6) is 0. The lowest BCUT2D eigenvalue weighted by molar-refractivity contribution is -0.174. The molecule has 0 unspecified atom stereocenters. The average Bonchev–Trinajstić information content (AvgIpc) is 2.58. The number of nitrogens with zero attached hydrogens (tertiary/aromatic N) is 1. The summed E-state index contributed by atoms with van der Waals surface area (Å²) in [5, 5.41) is 0. The largest absolute Gasteiger partial charge is 0.411 e. The van der Waals surface area contributed by atoms with Crippen LogP contribution in [-0.2, 0) is 11.3 Å². The minimum absolute atomic E-state index is 0.0331. The molecule has 104 valence electrons. The van der Waals surface area contributed by atoms with Crippen LogP contribution in [0.15, 0.2) is 18.2 Å². The quantitative estimate of drug-likeness (QED) is 0.689. The molecule has 0 fully saturated rings. The fourth-order valence-corrected chi connectivity index (χ4v) is 2.14. The first-order valence-electron chi connectivity index (χ1n) is 5.70. The maximum absolute atomic E-state index is 11.9. The van der Waals surface area contributed by atoms with E-state index in [4.69, 9.17) is 12.2 Å². The molecule has 1 aromatic carbocycles. The van der Waals surface area contributed by atoms with Crippen LogP contribution < -0.4 is 0 Å². The molecular weight excluding hydrogens is 277 g/mol. The second kappa shape index (κ2) is 5.34. The predicted octanol–water partition coefficient (Wildman–Crippen LogP) is 3.59. The van der Waals surface area contributed by atoms with Crippen LogP contribution in [0.1, 0.15) is 5.56 Å². The number of fused-ring (bicyclic) bond motifs is 1. The lowest BCUT2D eigenvalue weighted by Gasteiger charge is -2.08. The van der Waals surface area contributed by atoms with Crippen molar-refractivity contribution >= 4 is 23.3 Å². The van der Waals surface area contributed by atoms with Gasteiger partial charge in [-0.05, 0) is 36.8 Å². The van der Waals surface area contributed by atoms with Crippen molar-refractivity contribution in [1.29, 1.82) is 0 Å². The number of rotatable bonds is 4. The molecule has 0 aliphatic rings. The van der Waals surface area contributed by atoms with E-state index < -0.39 is 12.8 Å². The second-order valence-electron chi connectivity index (χ2n) is 4.27. The third-order valence-electron chi connectivity index (χ3n) is 2.65. The normalized spacial score (nSPS) is 12.2. The van der Waals surface area contributed by atoms with Gasteiger partial charge in [0.15, 0.2) is 4.77 Å². The van der Waals surface area contributed by atoms with Crippen molar-refractivity contribution in [2.45, 2.75) is 19.6 Å². The number of halogens is 3. The lowest BCUT2D eigenvalue weighted by atomic mass is 10.2. The minimum atomic E-state index is -4.29. The number of benzene rings is 1. The molecular formula is C12H13F3N2OS. The summed E-state index contributed by atoms with van der Waals surface area (Å²) in [6.07, 6.45) is -4.29. The average molecular weight is 290 g/mol. The van der Waals surface area contributed by atoms with Crippen molar-refractivity contribution in [3.05, 3.63) is 28.5 Å². The van der Waals surface area contributed by atoms with Gasteiger partial charge in [0.05, 0.1) is 17.6 Å². The first-order valence-corrected chi connectivity index (χ1v) is 6.11. The van der Waals surface area contributed by atoms with E-state index >= 15 is 0 Å². The van der Waals surface area contributed by atoms with Crippen LogP contribution in [0, 0.1) is 11.7 Å². The monoisotopic (exact) mass is 290 g/mol. The van der Waals surface area contributed by atoms with E-state index in [1.807, 2.05) is 25.1 Å². The van der Waals surface area contributed by atoms with Crippen molar-refractivity contribution < 1.29 is 17.9 Å². The van der Waals surface area contributed by atoms with Gasteiger partial charge in [0.2, 0.25) is 0 Å². The summed E-state index contributed by atoms with van der Waals surface area (Å²) in [6.45, 7) is 0.981. The number of hydrogen-bond acceptors (Lipinski definition) is 2. The predicted molar refractivity (Wildman–Crippen MR) is 68.7 cm³/mol. The second-order valence-corrected chi connectivity index (χ2v) is 4.66. The SMILES string of the molecule is Cc1ccc2c(c1)[nH]c(=S)n2CCOCC(F)(F)F. The highest BCUT2D eigenvalue weighted by Crippen LogP contribution is 2.17. The van der Waals surface area contributed by atoms with Gasteiger partial charge in [-0.1, -0.05) is 6.07 Å². The molecule has 3 nitrogen and oxygen atoms in total. The fourth-order valence-electron chi connectivity index (χ4n) is 1.84. The van der Waals surface area contributed by atoms with E-state index in [9.17, 15) is 13.2 Å². The van der Waals surface area contributed by atoms with Gasteiger partial charge in [-0.2, -0.15) is 13.2 Å². The summed E-state index contributed by atoms with van der Waals surface area (Å²) >= 11 is 5.15. The Hall–Kier alpha value is -1.34. The molecule has 19 heavy (non-hydrogen) atoms. The van der Waals surface area contributed by atoms with Crippen LogP contribution in [0.25, 0.3) is 11.0 Å². The van der Waals surface area contributed by atoms with Crippen molar-refractivity contribution in [1.82, 2.24) is 9.55 Å². The standard InChI is InChI=1S/C12H13F3N2OS/c1-8-2-3-10-9(6-8)16-11(19)17(10)4-5-18-7-12(13,14)15/h2-3,6H,4-5,7H2,1H3,(H,16,19). The summed E-state index contributed by atoms with van der Waals surface area (Å²) in [7, 11) is 0. The van der Waals surface area contributed by atoms with Crippen molar-refractivity contribution in [3.8, 4) is 0 Å². The highest BCUT2D eigenvalue weighted by Gasteiger charge is 2.27. The number of nitrogens with one attached hydrogen (secondary N) is 1. The topological polar surface area (TPSA) is 29.9 Å². The molecule has 0 radical (unpaired) electrons. The zero-order valence-corrected chi connectivity index (χ0v) is 11.1. The molecule has 0 saturated carbocycles. The number of H-pyrrole nitrogens is 1. The van der Waals surface area contributed by atoms with Crippen molar-refractivity contribution in [2.75, 3.05) is 13.2 Å². The van der Waals surface area contributed by atoms with E-state index in [2.05, 4.69) is 9.72 Å². The highest BCUT2D eigenvalue weighted by atomic mass is 32.1. The number of aromatic nitrogens is 2. The van der Waals surface area contributed by atoms with Crippen LogP contribution in [0.5, 0.6) is 0 Å². The number of imidazole rings is 1. The van der Waals surface area contributed by atoms with Crippen LogP contribution in [0.2, 0.25) is 0 Å². The maximum Gasteiger partial charge on any atom is 0.411 e. The van der Waals surface area contributed by atoms with E-state index in [0.29, 0.717) is 4.77 Å². The van der Waals surface area contributed by atoms with Gasteiger partial charge in [-0.3, -0.25) is 0 Å². The number of ether oxygens (including phenoxy) is 1. The number of aromatic amines is 1. The smallest absolute Gasteiger partial charge is 0.370 e. The number of hydrogen-bond donors (Lipinski definition) is 1. The third-order valence-corrected chi connectivity index (χ3v) is 2.98. The summed E-state index contributed by atoms with van der Waals surface area (Å²) in [5.41, 5.74) is 2.83. The van der Waals surface area contributed by atoms with Gasteiger partial charge in [-0.15, -0.1) is 0 Å². The van der Waals surface area contributed by atoms with Crippen LogP contribution in [0.4, 0.5) is 13.2 Å². The first-order chi connectivity index (χ1) is 8.87. The Morgan fingerprint density at radius 3 is 2.79 bits per heavy atom. The maximum atomic E-state index is 11.9. The Balaban J connectivity index is 2.09. The first kappa shape index (κ1) is 14.1. The molecule has 0 aliphatic carbocycles. The zero-order valence-electron chi connectivity index (χ0n) is 10.3. The highest BCUT2D eigenvalue weighted by molar-refractivity contribution is 7.71. The fraction of sp³-hybridized carbons (Fsp3) is 0.417. The third kappa shape index (κ3) is 3.57. The molecule has 0 saturated heterocycles. The Bertz CT molecular complexity index is 630. The molecule has 0 amide bonds.